The Balaban J connectivity index is 2.11. The van der Waals surface area contributed by atoms with Crippen molar-refractivity contribution < 1.29 is 4.92 Å². The summed E-state index contributed by atoms with van der Waals surface area (Å²) < 4.78 is 0. The van der Waals surface area contributed by atoms with E-state index in [4.69, 9.17) is 0 Å². The molecule has 3 nitrogen and oxygen atoms in total. The third-order valence-corrected chi connectivity index (χ3v) is 6.12. The topological polar surface area (TPSA) is 43.1 Å². The molecule has 2 aromatic carbocycles. The Morgan fingerprint density at radius 3 is 2.31 bits per heavy atom. The summed E-state index contributed by atoms with van der Waals surface area (Å²) in [6.07, 6.45) is 4.67. The van der Waals surface area contributed by atoms with Crippen LogP contribution in [0.3, 0.4) is 0 Å². The van der Waals surface area contributed by atoms with Crippen LogP contribution in [0.1, 0.15) is 53.6 Å². The van der Waals surface area contributed by atoms with Crippen LogP contribution in [0, 0.1) is 30.9 Å². The maximum atomic E-state index is 10.7. The first-order valence-corrected chi connectivity index (χ1v) is 11.0. The first-order chi connectivity index (χ1) is 13.8. The highest BCUT2D eigenvalue weighted by Crippen LogP contribution is 2.31. The zero-order valence-corrected chi connectivity index (χ0v) is 18.9. The lowest BCUT2D eigenvalue weighted by Gasteiger charge is -2.12. The second kappa shape index (κ2) is 11.0. The molecule has 0 spiro atoms. The van der Waals surface area contributed by atoms with E-state index in [1.54, 1.807) is 11.8 Å². The number of allylic oxidation sites excluding steroid dienone is 2. The molecule has 0 saturated carbocycles. The number of thioether (sulfide) groups is 1. The zero-order valence-electron chi connectivity index (χ0n) is 18.1. The van der Waals surface area contributed by atoms with E-state index in [9.17, 15) is 10.1 Å². The van der Waals surface area contributed by atoms with Crippen LogP contribution in [0.4, 0.5) is 0 Å². The predicted octanol–water partition coefficient (Wildman–Crippen LogP) is 7.06. The molecule has 0 aliphatic heterocycles. The van der Waals surface area contributed by atoms with E-state index in [0.29, 0.717) is 6.42 Å². The molecule has 0 unspecified atom stereocenters. The third-order valence-electron chi connectivity index (χ3n) is 4.94. The summed E-state index contributed by atoms with van der Waals surface area (Å²) in [7, 11) is 0. The van der Waals surface area contributed by atoms with Gasteiger partial charge in [0.1, 0.15) is 0 Å². The maximum absolute atomic E-state index is 10.7. The van der Waals surface area contributed by atoms with Gasteiger partial charge in [-0.05, 0) is 73.8 Å². The van der Waals surface area contributed by atoms with Crippen LogP contribution in [-0.2, 0) is 12.8 Å². The molecule has 0 aliphatic rings. The number of aryl methyl sites for hydroxylation is 3. The van der Waals surface area contributed by atoms with Gasteiger partial charge in [-0.15, -0.1) is 0 Å². The van der Waals surface area contributed by atoms with Gasteiger partial charge >= 0.3 is 0 Å². The average molecular weight is 410 g/mol. The van der Waals surface area contributed by atoms with Gasteiger partial charge in [0.05, 0.1) is 0 Å². The van der Waals surface area contributed by atoms with Gasteiger partial charge in [-0.3, -0.25) is 10.1 Å². The molecular formula is C25H31NO2S. The summed E-state index contributed by atoms with van der Waals surface area (Å²) in [6.45, 7) is 10.6. The molecule has 0 fully saturated rings. The van der Waals surface area contributed by atoms with Gasteiger partial charge in [-0.1, -0.05) is 72.3 Å². The van der Waals surface area contributed by atoms with Crippen LogP contribution >= 0.6 is 11.8 Å². The largest absolute Gasteiger partial charge is 0.265 e. The lowest BCUT2D eigenvalue weighted by atomic mass is 9.95. The summed E-state index contributed by atoms with van der Waals surface area (Å²) in [4.78, 5) is 11.7. The minimum Gasteiger partial charge on any atom is -0.265 e. The van der Waals surface area contributed by atoms with E-state index in [-0.39, 0.29) is 11.5 Å². The summed E-state index contributed by atoms with van der Waals surface area (Å²) in [5, 5.41) is 12.9. The van der Waals surface area contributed by atoms with Gasteiger partial charge < -0.3 is 0 Å². The molecule has 154 valence electrons. The quantitative estimate of drug-likeness (QED) is 0.329. The monoisotopic (exact) mass is 409 g/mol. The highest BCUT2D eigenvalue weighted by Gasteiger charge is 2.08. The highest BCUT2D eigenvalue weighted by molar-refractivity contribution is 8.10. The number of nitrogens with zero attached hydrogens (tertiary/aromatic N) is 1. The van der Waals surface area contributed by atoms with Crippen molar-refractivity contribution >= 4 is 16.7 Å². The van der Waals surface area contributed by atoms with Crippen LogP contribution in [0.15, 0.2) is 53.5 Å². The van der Waals surface area contributed by atoms with Crippen LogP contribution in [0.2, 0.25) is 0 Å². The van der Waals surface area contributed by atoms with Crippen molar-refractivity contribution in [1.29, 1.82) is 0 Å². The fourth-order valence-electron chi connectivity index (χ4n) is 3.25. The van der Waals surface area contributed by atoms with Gasteiger partial charge in [0, 0.05) is 16.2 Å². The standard InChI is InChI=1S/C25H31NO2S/c1-6-7-25(22-10-8-18(2)9-11-22)29-17-19(3)14-24-16-20(4)23(15-21(24)5)12-13-26(27)28/h7-11,15-17H,6,12-14H2,1-5H3/b19-17+,25-7-. The summed E-state index contributed by atoms with van der Waals surface area (Å²) in [5.41, 5.74) is 8.55. The average Bonchev–Trinajstić information content (AvgIpc) is 2.67. The van der Waals surface area contributed by atoms with Gasteiger partial charge in [0.2, 0.25) is 6.54 Å². The number of hydrogen-bond acceptors (Lipinski definition) is 3. The SMILES string of the molecule is CC/C=C(\S/C=C(\C)Cc1cc(C)c(CC[N+](=O)[O-])cc1C)c1ccc(C)cc1. The van der Waals surface area contributed by atoms with Crippen LogP contribution < -0.4 is 0 Å². The molecule has 0 radical (unpaired) electrons. The van der Waals surface area contributed by atoms with Crippen molar-refractivity contribution in [3.63, 3.8) is 0 Å². The molecule has 29 heavy (non-hydrogen) atoms. The molecule has 2 rings (SSSR count). The molecule has 0 heterocycles. The van der Waals surface area contributed by atoms with E-state index < -0.39 is 0 Å². The molecule has 0 atom stereocenters. The molecule has 4 heteroatoms. The minimum atomic E-state index is -0.248. The van der Waals surface area contributed by atoms with E-state index >= 15 is 0 Å². The van der Waals surface area contributed by atoms with Crippen LogP contribution in [-0.4, -0.2) is 11.5 Å². The Hall–Kier alpha value is -2.33. The van der Waals surface area contributed by atoms with Gasteiger partial charge in [-0.2, -0.15) is 0 Å². The number of hydrogen-bond donors (Lipinski definition) is 0. The Labute approximate surface area is 179 Å². The first kappa shape index (κ1) is 23.0. The smallest absolute Gasteiger partial charge is 0.207 e. The molecular weight excluding hydrogens is 378 g/mol. The fraction of sp³-hybridized carbons (Fsp3) is 0.360. The molecule has 0 saturated heterocycles. The van der Waals surface area contributed by atoms with Crippen LogP contribution in [0.25, 0.3) is 4.91 Å². The zero-order chi connectivity index (χ0) is 21.4. The molecule has 0 N–H and O–H groups in total. The van der Waals surface area contributed by atoms with E-state index in [1.165, 1.54) is 32.7 Å². The molecule has 0 aromatic heterocycles. The van der Waals surface area contributed by atoms with Gasteiger partial charge in [0.15, 0.2) is 0 Å². The normalized spacial score (nSPS) is 12.3. The lowest BCUT2D eigenvalue weighted by molar-refractivity contribution is -0.479. The molecule has 0 amide bonds. The Morgan fingerprint density at radius 1 is 1.07 bits per heavy atom. The highest BCUT2D eigenvalue weighted by atomic mass is 32.2. The van der Waals surface area contributed by atoms with E-state index in [1.807, 2.05) is 6.92 Å². The summed E-state index contributed by atoms with van der Waals surface area (Å²) >= 11 is 1.78. The van der Waals surface area contributed by atoms with Crippen molar-refractivity contribution in [3.8, 4) is 0 Å². The summed E-state index contributed by atoms with van der Waals surface area (Å²) in [6, 6.07) is 13.0. The minimum absolute atomic E-state index is 0.0131. The predicted molar refractivity (Wildman–Crippen MR) is 126 cm³/mol. The van der Waals surface area contributed by atoms with Crippen molar-refractivity contribution in [2.75, 3.05) is 6.54 Å². The molecule has 0 bridgehead atoms. The van der Waals surface area contributed by atoms with E-state index in [0.717, 1.165) is 24.0 Å². The first-order valence-electron chi connectivity index (χ1n) is 10.1. The number of nitro groups is 1. The number of benzene rings is 2. The molecule has 2 aromatic rings. The van der Waals surface area contributed by atoms with Gasteiger partial charge in [0.25, 0.3) is 0 Å². The van der Waals surface area contributed by atoms with Crippen molar-refractivity contribution in [2.24, 2.45) is 0 Å². The maximum Gasteiger partial charge on any atom is 0.207 e. The van der Waals surface area contributed by atoms with Crippen LogP contribution in [0.5, 0.6) is 0 Å². The van der Waals surface area contributed by atoms with Crippen molar-refractivity contribution in [2.45, 2.75) is 53.9 Å². The lowest BCUT2D eigenvalue weighted by Crippen LogP contribution is -2.06. The second-order valence-corrected chi connectivity index (χ2v) is 8.52. The third kappa shape index (κ3) is 7.21. The van der Waals surface area contributed by atoms with Crippen molar-refractivity contribution in [3.05, 3.63) is 97.0 Å². The van der Waals surface area contributed by atoms with E-state index in [2.05, 4.69) is 75.6 Å². The number of rotatable bonds is 9. The molecule has 0 aliphatic carbocycles. The fourth-order valence-corrected chi connectivity index (χ4v) is 4.20. The summed E-state index contributed by atoms with van der Waals surface area (Å²) in [5.74, 6) is 0. The Bertz CT molecular complexity index is 911. The van der Waals surface area contributed by atoms with Crippen molar-refractivity contribution in [1.82, 2.24) is 0 Å². The Morgan fingerprint density at radius 2 is 1.69 bits per heavy atom. The second-order valence-electron chi connectivity index (χ2n) is 7.61. The Kier molecular flexibility index (Phi) is 8.71. The van der Waals surface area contributed by atoms with Gasteiger partial charge in [-0.25, -0.2) is 0 Å².